The van der Waals surface area contributed by atoms with Gasteiger partial charge in [0.15, 0.2) is 5.16 Å². The van der Waals surface area contributed by atoms with Crippen molar-refractivity contribution in [2.24, 2.45) is 0 Å². The van der Waals surface area contributed by atoms with Crippen LogP contribution in [0.4, 0.5) is 4.39 Å². The zero-order valence-electron chi connectivity index (χ0n) is 16.2. The summed E-state index contributed by atoms with van der Waals surface area (Å²) in [5.74, 6) is 0.975. The molecule has 0 aliphatic heterocycles. The van der Waals surface area contributed by atoms with Gasteiger partial charge in [-0.05, 0) is 43.7 Å². The predicted molar refractivity (Wildman–Crippen MR) is 118 cm³/mol. The summed E-state index contributed by atoms with van der Waals surface area (Å²) in [6.45, 7) is 4.00. The largest absolute Gasteiger partial charge is 0.496 e. The molecule has 0 saturated heterocycles. The lowest BCUT2D eigenvalue weighted by Gasteiger charge is -2.10. The summed E-state index contributed by atoms with van der Waals surface area (Å²) in [5, 5.41) is 1.10. The normalized spacial score (nSPS) is 11.2. The highest BCUT2D eigenvalue weighted by atomic mass is 32.2. The number of ether oxygens (including phenoxy) is 1. The van der Waals surface area contributed by atoms with Gasteiger partial charge in [-0.15, -0.1) is 11.3 Å². The van der Waals surface area contributed by atoms with Gasteiger partial charge in [0.05, 0.1) is 12.5 Å². The Labute approximate surface area is 175 Å². The van der Waals surface area contributed by atoms with Crippen LogP contribution in [0, 0.1) is 19.7 Å². The van der Waals surface area contributed by atoms with Crippen molar-refractivity contribution in [3.05, 3.63) is 74.6 Å². The van der Waals surface area contributed by atoms with E-state index in [2.05, 4.69) is 9.97 Å². The molecule has 4 nitrogen and oxygen atoms in total. The maximum atomic E-state index is 13.4. The third kappa shape index (κ3) is 3.93. The molecular formula is C22H19FN2O2S2. The number of aromatic amines is 1. The number of thioether (sulfide) groups is 1. The first-order valence-electron chi connectivity index (χ1n) is 9.02. The number of thiophene rings is 1. The van der Waals surface area contributed by atoms with Crippen LogP contribution in [0.25, 0.3) is 21.3 Å². The quantitative estimate of drug-likeness (QED) is 0.328. The van der Waals surface area contributed by atoms with Gasteiger partial charge in [-0.1, -0.05) is 35.5 Å². The number of halogens is 1. The minimum atomic E-state index is -0.273. The lowest BCUT2D eigenvalue weighted by Crippen LogP contribution is -2.09. The molecule has 0 radical (unpaired) electrons. The van der Waals surface area contributed by atoms with E-state index in [-0.39, 0.29) is 11.4 Å². The second kappa shape index (κ2) is 8.00. The Morgan fingerprint density at radius 2 is 2.03 bits per heavy atom. The molecule has 0 fully saturated rings. The molecule has 148 valence electrons. The minimum absolute atomic E-state index is 0.181. The van der Waals surface area contributed by atoms with Crippen molar-refractivity contribution in [2.45, 2.75) is 24.8 Å². The molecule has 0 bridgehead atoms. The van der Waals surface area contributed by atoms with E-state index in [1.807, 2.05) is 38.1 Å². The minimum Gasteiger partial charge on any atom is -0.496 e. The Morgan fingerprint density at radius 3 is 2.79 bits per heavy atom. The van der Waals surface area contributed by atoms with Crippen molar-refractivity contribution < 1.29 is 9.13 Å². The van der Waals surface area contributed by atoms with Crippen LogP contribution >= 0.6 is 23.1 Å². The lowest BCUT2D eigenvalue weighted by atomic mass is 10.0. The number of H-pyrrole nitrogens is 1. The fourth-order valence-electron chi connectivity index (χ4n) is 3.29. The SMILES string of the molecule is COc1ccc(C)cc1-c1c(C)sc2nc(SCc3cccc(F)c3)[nH]c(=O)c12. The Morgan fingerprint density at radius 1 is 1.21 bits per heavy atom. The van der Waals surface area contributed by atoms with Gasteiger partial charge in [0.1, 0.15) is 16.4 Å². The third-order valence-corrected chi connectivity index (χ3v) is 6.55. The van der Waals surface area contributed by atoms with Gasteiger partial charge < -0.3 is 9.72 Å². The Balaban J connectivity index is 1.76. The van der Waals surface area contributed by atoms with Gasteiger partial charge >= 0.3 is 0 Å². The molecule has 2 heterocycles. The maximum absolute atomic E-state index is 13.4. The molecule has 4 aromatic rings. The van der Waals surface area contributed by atoms with Gasteiger partial charge in [-0.3, -0.25) is 4.79 Å². The Bertz CT molecular complexity index is 1260. The first kappa shape index (κ1) is 19.7. The molecule has 0 aliphatic carbocycles. The van der Waals surface area contributed by atoms with Gasteiger partial charge in [-0.25, -0.2) is 9.37 Å². The number of aryl methyl sites for hydroxylation is 2. The fraction of sp³-hybridized carbons (Fsp3) is 0.182. The second-order valence-electron chi connectivity index (χ2n) is 6.71. The van der Waals surface area contributed by atoms with Crippen LogP contribution in [0.5, 0.6) is 5.75 Å². The number of nitrogens with zero attached hydrogens (tertiary/aromatic N) is 1. The maximum Gasteiger partial charge on any atom is 0.260 e. The molecule has 0 aliphatic rings. The highest BCUT2D eigenvalue weighted by Crippen LogP contribution is 2.40. The van der Waals surface area contributed by atoms with Crippen molar-refractivity contribution in [1.82, 2.24) is 9.97 Å². The third-order valence-electron chi connectivity index (χ3n) is 4.61. The monoisotopic (exact) mass is 426 g/mol. The van der Waals surface area contributed by atoms with Crippen LogP contribution in [0.2, 0.25) is 0 Å². The number of hydrogen-bond acceptors (Lipinski definition) is 5. The molecule has 2 aromatic heterocycles. The summed E-state index contributed by atoms with van der Waals surface area (Å²) >= 11 is 2.87. The standard InChI is InChI=1S/C22H19FN2O2S2/c1-12-7-8-17(27-3)16(9-12)18-13(2)29-21-19(18)20(26)24-22(25-21)28-11-14-5-4-6-15(23)10-14/h4-10H,11H2,1-3H3,(H,24,25,26). The van der Waals surface area contributed by atoms with E-state index in [0.717, 1.165) is 32.9 Å². The number of benzene rings is 2. The van der Waals surface area contributed by atoms with Crippen molar-refractivity contribution in [1.29, 1.82) is 0 Å². The molecule has 0 unspecified atom stereocenters. The molecule has 7 heteroatoms. The zero-order valence-corrected chi connectivity index (χ0v) is 17.8. The van der Waals surface area contributed by atoms with E-state index >= 15 is 0 Å². The number of fused-ring (bicyclic) bond motifs is 1. The number of rotatable bonds is 5. The summed E-state index contributed by atoms with van der Waals surface area (Å²) in [6.07, 6.45) is 0. The van der Waals surface area contributed by atoms with E-state index < -0.39 is 0 Å². The lowest BCUT2D eigenvalue weighted by molar-refractivity contribution is 0.416. The van der Waals surface area contributed by atoms with Gasteiger partial charge in [0.2, 0.25) is 0 Å². The van der Waals surface area contributed by atoms with Gasteiger partial charge in [0, 0.05) is 21.8 Å². The number of methoxy groups -OCH3 is 1. The van der Waals surface area contributed by atoms with E-state index in [4.69, 9.17) is 4.74 Å². The smallest absolute Gasteiger partial charge is 0.260 e. The van der Waals surface area contributed by atoms with Crippen LogP contribution < -0.4 is 10.3 Å². The van der Waals surface area contributed by atoms with E-state index in [9.17, 15) is 9.18 Å². The number of aromatic nitrogens is 2. The van der Waals surface area contributed by atoms with E-state index in [1.165, 1.54) is 35.2 Å². The van der Waals surface area contributed by atoms with Crippen molar-refractivity contribution in [3.8, 4) is 16.9 Å². The highest BCUT2D eigenvalue weighted by Gasteiger charge is 2.19. The zero-order chi connectivity index (χ0) is 20.5. The topological polar surface area (TPSA) is 55.0 Å². The molecular weight excluding hydrogens is 407 g/mol. The molecule has 29 heavy (non-hydrogen) atoms. The molecule has 4 rings (SSSR count). The summed E-state index contributed by atoms with van der Waals surface area (Å²) in [4.78, 5) is 22.2. The first-order chi connectivity index (χ1) is 14.0. The Kier molecular flexibility index (Phi) is 5.43. The molecule has 0 saturated carbocycles. The van der Waals surface area contributed by atoms with Crippen molar-refractivity contribution in [2.75, 3.05) is 7.11 Å². The first-order valence-corrected chi connectivity index (χ1v) is 10.8. The molecule has 0 amide bonds. The van der Waals surface area contributed by atoms with Gasteiger partial charge in [-0.2, -0.15) is 0 Å². The van der Waals surface area contributed by atoms with E-state index in [0.29, 0.717) is 21.1 Å². The molecule has 0 spiro atoms. The second-order valence-corrected chi connectivity index (χ2v) is 8.87. The van der Waals surface area contributed by atoms with Crippen LogP contribution in [-0.4, -0.2) is 17.1 Å². The van der Waals surface area contributed by atoms with Crippen molar-refractivity contribution in [3.63, 3.8) is 0 Å². The predicted octanol–water partition coefficient (Wildman–Crippen LogP) is 5.71. The van der Waals surface area contributed by atoms with Gasteiger partial charge in [0.25, 0.3) is 5.56 Å². The molecule has 1 N–H and O–H groups in total. The van der Waals surface area contributed by atoms with Crippen LogP contribution in [-0.2, 0) is 5.75 Å². The fourth-order valence-corrected chi connectivity index (χ4v) is 5.19. The summed E-state index contributed by atoms with van der Waals surface area (Å²) in [6, 6.07) is 12.4. The van der Waals surface area contributed by atoms with Crippen LogP contribution in [0.3, 0.4) is 0 Å². The average molecular weight is 427 g/mol. The summed E-state index contributed by atoms with van der Waals surface area (Å²) in [7, 11) is 1.63. The van der Waals surface area contributed by atoms with Crippen molar-refractivity contribution >= 4 is 33.3 Å². The average Bonchev–Trinajstić information content (AvgIpc) is 3.02. The molecule has 0 atom stereocenters. The Hall–Kier alpha value is -2.64. The van der Waals surface area contributed by atoms with Crippen LogP contribution in [0.1, 0.15) is 16.0 Å². The number of hydrogen-bond donors (Lipinski definition) is 1. The van der Waals surface area contributed by atoms with Crippen LogP contribution in [0.15, 0.2) is 52.4 Å². The number of nitrogens with one attached hydrogen (secondary N) is 1. The van der Waals surface area contributed by atoms with E-state index in [1.54, 1.807) is 13.2 Å². The summed E-state index contributed by atoms with van der Waals surface area (Å²) in [5.41, 5.74) is 3.50. The highest BCUT2D eigenvalue weighted by molar-refractivity contribution is 7.98. The summed E-state index contributed by atoms with van der Waals surface area (Å²) < 4.78 is 18.9. The molecule has 2 aromatic carbocycles.